The number of carbonyl (C=O) groups excluding carboxylic acids is 1. The van der Waals surface area contributed by atoms with Crippen molar-refractivity contribution < 1.29 is 4.79 Å². The number of piperazine rings is 1. The fourth-order valence-electron chi connectivity index (χ4n) is 3.85. The van der Waals surface area contributed by atoms with Gasteiger partial charge in [0.2, 0.25) is 5.91 Å². The van der Waals surface area contributed by atoms with Crippen LogP contribution in [0.15, 0.2) is 4.99 Å². The largest absolute Gasteiger partial charge is 0.356 e. The van der Waals surface area contributed by atoms with Gasteiger partial charge in [-0.2, -0.15) is 0 Å². The first kappa shape index (κ1) is 20.7. The van der Waals surface area contributed by atoms with Gasteiger partial charge in [0.05, 0.1) is 6.54 Å². The Morgan fingerprint density at radius 1 is 1.16 bits per heavy atom. The maximum Gasteiger partial charge on any atom is 0.234 e. The summed E-state index contributed by atoms with van der Waals surface area (Å²) in [4.78, 5) is 21.0. The van der Waals surface area contributed by atoms with Crippen molar-refractivity contribution in [2.45, 2.75) is 51.5 Å². The molecule has 0 aromatic heterocycles. The smallest absolute Gasteiger partial charge is 0.234 e. The molecule has 2 aliphatic carbocycles. The minimum Gasteiger partial charge on any atom is -0.356 e. The van der Waals surface area contributed by atoms with Gasteiger partial charge in [0, 0.05) is 45.8 Å². The van der Waals surface area contributed by atoms with Gasteiger partial charge in [-0.15, -0.1) is 24.0 Å². The average Bonchev–Trinajstić information content (AvgIpc) is 3.27. The van der Waals surface area contributed by atoms with Crippen molar-refractivity contribution in [1.82, 2.24) is 20.4 Å². The van der Waals surface area contributed by atoms with E-state index >= 15 is 0 Å². The Labute approximate surface area is 169 Å². The van der Waals surface area contributed by atoms with Crippen LogP contribution in [0.25, 0.3) is 0 Å². The molecule has 3 fully saturated rings. The maximum absolute atomic E-state index is 11.9. The van der Waals surface area contributed by atoms with E-state index in [-0.39, 0.29) is 29.9 Å². The zero-order chi connectivity index (χ0) is 17.0. The highest BCUT2D eigenvalue weighted by Gasteiger charge is 2.30. The van der Waals surface area contributed by atoms with Gasteiger partial charge in [0.25, 0.3) is 0 Å². The molecule has 1 saturated heterocycles. The molecule has 7 heteroatoms. The maximum atomic E-state index is 11.9. The van der Waals surface area contributed by atoms with E-state index in [4.69, 9.17) is 0 Å². The molecule has 1 amide bonds. The molecule has 25 heavy (non-hydrogen) atoms. The molecule has 0 radical (unpaired) electrons. The van der Waals surface area contributed by atoms with Crippen molar-refractivity contribution in [1.29, 1.82) is 0 Å². The van der Waals surface area contributed by atoms with Crippen molar-refractivity contribution in [3.63, 3.8) is 0 Å². The summed E-state index contributed by atoms with van der Waals surface area (Å²) < 4.78 is 0. The number of carbonyl (C=O) groups is 1. The number of guanidine groups is 1. The molecular formula is C18H34IN5O. The van der Waals surface area contributed by atoms with Crippen molar-refractivity contribution in [3.8, 4) is 0 Å². The summed E-state index contributed by atoms with van der Waals surface area (Å²) in [7, 11) is 1.87. The van der Waals surface area contributed by atoms with E-state index in [1.54, 1.807) is 0 Å². The van der Waals surface area contributed by atoms with Crippen molar-refractivity contribution in [3.05, 3.63) is 0 Å². The highest BCUT2D eigenvalue weighted by Crippen LogP contribution is 2.36. The molecule has 2 N–H and O–H groups in total. The predicted octanol–water partition coefficient (Wildman–Crippen LogP) is 1.66. The second-order valence-electron chi connectivity index (χ2n) is 8.02. The summed E-state index contributed by atoms with van der Waals surface area (Å²) in [5.41, 5.74) is 0.429. The number of amides is 1. The molecule has 0 spiro atoms. The lowest BCUT2D eigenvalue weighted by Crippen LogP contribution is -2.54. The van der Waals surface area contributed by atoms with Gasteiger partial charge in [-0.25, -0.2) is 0 Å². The molecule has 3 rings (SSSR count). The summed E-state index contributed by atoms with van der Waals surface area (Å²) in [5.74, 6) is 1.20. The van der Waals surface area contributed by atoms with Crippen LogP contribution in [0.4, 0.5) is 0 Å². The van der Waals surface area contributed by atoms with Gasteiger partial charge in [-0.1, -0.05) is 19.8 Å². The van der Waals surface area contributed by atoms with Crippen LogP contribution in [0, 0.1) is 5.41 Å². The molecule has 0 unspecified atom stereocenters. The van der Waals surface area contributed by atoms with E-state index < -0.39 is 0 Å². The minimum atomic E-state index is 0. The fourth-order valence-corrected chi connectivity index (χ4v) is 3.85. The molecule has 0 atom stereocenters. The number of hydrogen-bond acceptors (Lipinski definition) is 3. The summed E-state index contributed by atoms with van der Waals surface area (Å²) >= 11 is 0. The Balaban J connectivity index is 0.00000225. The molecule has 3 aliphatic rings. The second kappa shape index (κ2) is 9.39. The van der Waals surface area contributed by atoms with Gasteiger partial charge in [0.15, 0.2) is 5.96 Å². The standard InChI is InChI=1S/C18H33N5O.HI/c1-18(7-3-4-8-18)14-20-17(19-2)23-11-9-22(10-12-23)13-16(24)21-15-5-6-15;/h15H,3-14H2,1-2H3,(H,19,20)(H,21,24);1H. The quantitative estimate of drug-likeness (QED) is 0.370. The lowest BCUT2D eigenvalue weighted by molar-refractivity contribution is -0.122. The van der Waals surface area contributed by atoms with Crippen molar-refractivity contribution in [2.24, 2.45) is 10.4 Å². The zero-order valence-corrected chi connectivity index (χ0v) is 18.1. The predicted molar refractivity (Wildman–Crippen MR) is 113 cm³/mol. The number of halogens is 1. The van der Waals surface area contributed by atoms with Gasteiger partial charge < -0.3 is 15.5 Å². The highest BCUT2D eigenvalue weighted by atomic mass is 127. The first-order valence-electron chi connectivity index (χ1n) is 9.55. The highest BCUT2D eigenvalue weighted by molar-refractivity contribution is 14.0. The van der Waals surface area contributed by atoms with E-state index in [0.717, 1.165) is 51.5 Å². The number of nitrogens with zero attached hydrogens (tertiary/aromatic N) is 3. The van der Waals surface area contributed by atoms with Gasteiger partial charge >= 0.3 is 0 Å². The van der Waals surface area contributed by atoms with Crippen LogP contribution >= 0.6 is 24.0 Å². The van der Waals surface area contributed by atoms with E-state index in [1.807, 2.05) is 7.05 Å². The van der Waals surface area contributed by atoms with Crippen LogP contribution in [0.5, 0.6) is 0 Å². The Morgan fingerprint density at radius 2 is 1.80 bits per heavy atom. The first-order valence-corrected chi connectivity index (χ1v) is 9.55. The summed E-state index contributed by atoms with van der Waals surface area (Å²) in [5, 5.41) is 6.66. The van der Waals surface area contributed by atoms with Gasteiger partial charge in [0.1, 0.15) is 0 Å². The molecule has 1 aliphatic heterocycles. The minimum absolute atomic E-state index is 0. The van der Waals surface area contributed by atoms with Crippen molar-refractivity contribution >= 4 is 35.8 Å². The van der Waals surface area contributed by atoms with E-state index in [9.17, 15) is 4.79 Å². The lowest BCUT2D eigenvalue weighted by Gasteiger charge is -2.37. The van der Waals surface area contributed by atoms with Crippen LogP contribution in [0.1, 0.15) is 45.4 Å². The third-order valence-electron chi connectivity index (χ3n) is 5.68. The van der Waals surface area contributed by atoms with Gasteiger partial charge in [-0.05, 0) is 31.1 Å². The Bertz CT molecular complexity index is 466. The fraction of sp³-hybridized carbons (Fsp3) is 0.889. The topological polar surface area (TPSA) is 60.0 Å². The number of aliphatic imine (C=N–C) groups is 1. The van der Waals surface area contributed by atoms with E-state index in [2.05, 4.69) is 32.3 Å². The van der Waals surface area contributed by atoms with E-state index in [0.29, 0.717) is 18.0 Å². The third kappa shape index (κ3) is 6.27. The number of rotatable bonds is 5. The molecule has 1 heterocycles. The third-order valence-corrected chi connectivity index (χ3v) is 5.68. The van der Waals surface area contributed by atoms with Crippen LogP contribution in [0.3, 0.4) is 0 Å². The molecular weight excluding hydrogens is 429 g/mol. The van der Waals surface area contributed by atoms with Crippen LogP contribution in [0.2, 0.25) is 0 Å². The van der Waals surface area contributed by atoms with Gasteiger partial charge in [-0.3, -0.25) is 14.7 Å². The van der Waals surface area contributed by atoms with E-state index in [1.165, 1.54) is 25.7 Å². The SMILES string of the molecule is CN=C(NCC1(C)CCCC1)N1CCN(CC(=O)NC2CC2)CC1.I. The second-order valence-corrected chi connectivity index (χ2v) is 8.02. The average molecular weight is 463 g/mol. The van der Waals surface area contributed by atoms with Crippen LogP contribution < -0.4 is 10.6 Å². The summed E-state index contributed by atoms with van der Waals surface area (Å²) in [6.45, 7) is 7.67. The molecule has 144 valence electrons. The Kier molecular flexibility index (Phi) is 7.79. The molecule has 0 aromatic carbocycles. The molecule has 2 saturated carbocycles. The zero-order valence-electron chi connectivity index (χ0n) is 15.7. The van der Waals surface area contributed by atoms with Crippen LogP contribution in [-0.4, -0.2) is 74.0 Å². The Morgan fingerprint density at radius 3 is 2.36 bits per heavy atom. The monoisotopic (exact) mass is 463 g/mol. The summed E-state index contributed by atoms with van der Waals surface area (Å²) in [6.07, 6.45) is 7.67. The van der Waals surface area contributed by atoms with Crippen molar-refractivity contribution in [2.75, 3.05) is 46.3 Å². The number of nitrogens with one attached hydrogen (secondary N) is 2. The Hall–Kier alpha value is -0.570. The molecule has 0 bridgehead atoms. The number of hydrogen-bond donors (Lipinski definition) is 2. The molecule has 6 nitrogen and oxygen atoms in total. The molecule has 0 aromatic rings. The summed E-state index contributed by atoms with van der Waals surface area (Å²) in [6, 6.07) is 0.457. The lowest BCUT2D eigenvalue weighted by atomic mass is 9.89. The normalized spacial score (nSPS) is 23.9. The van der Waals surface area contributed by atoms with Crippen LogP contribution in [-0.2, 0) is 4.79 Å². The first-order chi connectivity index (χ1) is 11.6.